The first-order valence-corrected chi connectivity index (χ1v) is 6.41. The van der Waals surface area contributed by atoms with Crippen molar-refractivity contribution in [2.75, 3.05) is 11.9 Å². The van der Waals surface area contributed by atoms with Gasteiger partial charge in [-0.15, -0.1) is 0 Å². The number of carbonyl (C=O) groups is 1. The fourth-order valence-electron chi connectivity index (χ4n) is 1.46. The van der Waals surface area contributed by atoms with Gasteiger partial charge in [-0.2, -0.15) is 13.2 Å². The zero-order valence-corrected chi connectivity index (χ0v) is 11.3. The Bertz CT molecular complexity index is 430. The number of hydrogen-bond donors (Lipinski definition) is 0. The molecule has 0 radical (unpaired) electrons. The van der Waals surface area contributed by atoms with E-state index >= 15 is 0 Å². The van der Waals surface area contributed by atoms with Gasteiger partial charge in [0.2, 0.25) is 0 Å². The lowest BCUT2D eigenvalue weighted by atomic mass is 10.1. The van der Waals surface area contributed by atoms with Gasteiger partial charge in [0.25, 0.3) is 0 Å². The molecule has 0 atom stereocenters. The Morgan fingerprint density at radius 2 is 2.06 bits per heavy atom. The molecule has 0 fully saturated rings. The van der Waals surface area contributed by atoms with Crippen LogP contribution in [0.1, 0.15) is 18.1 Å². The van der Waals surface area contributed by atoms with E-state index in [-0.39, 0.29) is 29.9 Å². The average Bonchev–Trinajstić information content (AvgIpc) is 2.28. The summed E-state index contributed by atoms with van der Waals surface area (Å²) < 4.78 is 43.0. The molecule has 0 aliphatic rings. The first-order chi connectivity index (χ1) is 8.38. The van der Waals surface area contributed by atoms with E-state index in [1.54, 1.807) is 6.92 Å². The number of hydrogen-bond acceptors (Lipinski definition) is 2. The van der Waals surface area contributed by atoms with Crippen molar-refractivity contribution < 1.29 is 22.7 Å². The number of ether oxygens (including phenoxy) is 1. The van der Waals surface area contributed by atoms with Crippen LogP contribution < -0.4 is 4.74 Å². The maximum Gasteiger partial charge on any atom is 0.419 e. The molecule has 1 rings (SSSR count). The van der Waals surface area contributed by atoms with Crippen LogP contribution in [0.4, 0.5) is 13.2 Å². The minimum Gasteiger partial charge on any atom is -0.493 e. The maximum atomic E-state index is 12.7. The number of halogens is 4. The van der Waals surface area contributed by atoms with Crippen LogP contribution in [-0.4, -0.2) is 17.7 Å². The lowest BCUT2D eigenvalue weighted by Crippen LogP contribution is -2.10. The number of benzene rings is 1. The Kier molecular flexibility index (Phi) is 5.19. The summed E-state index contributed by atoms with van der Waals surface area (Å²) in [5.41, 5.74) is -0.310. The third kappa shape index (κ3) is 4.01. The molecule has 0 aromatic heterocycles. The predicted molar refractivity (Wildman–Crippen MR) is 65.1 cm³/mol. The Balaban J connectivity index is 3.07. The SMILES string of the molecule is CCOc1cc(CC(=O)CBr)ccc1C(F)(F)F. The standard InChI is InChI=1S/C12H12BrF3O2/c1-2-18-11-6-8(5-9(17)7-13)3-4-10(11)12(14,15)16/h3-4,6H,2,5,7H2,1H3. The minimum absolute atomic E-state index is 0.0868. The van der Waals surface area contributed by atoms with E-state index in [0.717, 1.165) is 6.07 Å². The lowest BCUT2D eigenvalue weighted by molar-refractivity contribution is -0.138. The number of carbonyl (C=O) groups excluding carboxylic acids is 1. The molecule has 6 heteroatoms. The molecule has 0 saturated heterocycles. The summed E-state index contributed by atoms with van der Waals surface area (Å²) in [7, 11) is 0. The van der Waals surface area contributed by atoms with Crippen LogP contribution in [0.15, 0.2) is 18.2 Å². The topological polar surface area (TPSA) is 26.3 Å². The smallest absolute Gasteiger partial charge is 0.419 e. The van der Waals surface area contributed by atoms with Gasteiger partial charge in [0.05, 0.1) is 17.5 Å². The molecule has 1 aromatic carbocycles. The monoisotopic (exact) mass is 324 g/mol. The van der Waals surface area contributed by atoms with Crippen molar-refractivity contribution in [3.8, 4) is 5.75 Å². The number of alkyl halides is 4. The molecule has 0 unspecified atom stereocenters. The van der Waals surface area contributed by atoms with Gasteiger partial charge in [-0.3, -0.25) is 4.79 Å². The van der Waals surface area contributed by atoms with Crippen LogP contribution in [0.3, 0.4) is 0 Å². The molecular weight excluding hydrogens is 313 g/mol. The van der Waals surface area contributed by atoms with Crippen molar-refractivity contribution in [3.05, 3.63) is 29.3 Å². The molecule has 0 bridgehead atoms. The van der Waals surface area contributed by atoms with Gasteiger partial charge in [-0.1, -0.05) is 22.0 Å². The molecule has 0 aliphatic carbocycles. The van der Waals surface area contributed by atoms with E-state index in [4.69, 9.17) is 4.74 Å². The van der Waals surface area contributed by atoms with E-state index in [2.05, 4.69) is 15.9 Å². The maximum absolute atomic E-state index is 12.7. The van der Waals surface area contributed by atoms with Crippen molar-refractivity contribution in [3.63, 3.8) is 0 Å². The zero-order chi connectivity index (χ0) is 13.8. The van der Waals surface area contributed by atoms with Gasteiger partial charge in [0, 0.05) is 6.42 Å². The van der Waals surface area contributed by atoms with Gasteiger partial charge in [-0.05, 0) is 24.6 Å². The van der Waals surface area contributed by atoms with Crippen LogP contribution in [0.5, 0.6) is 5.75 Å². The number of rotatable bonds is 5. The van der Waals surface area contributed by atoms with Crippen molar-refractivity contribution in [2.45, 2.75) is 19.5 Å². The molecule has 0 saturated carbocycles. The van der Waals surface area contributed by atoms with Gasteiger partial charge < -0.3 is 4.74 Å². The molecule has 0 amide bonds. The van der Waals surface area contributed by atoms with Crippen LogP contribution in [0.2, 0.25) is 0 Å². The number of ketones is 1. The third-order valence-corrected chi connectivity index (χ3v) is 2.83. The molecule has 0 aliphatic heterocycles. The van der Waals surface area contributed by atoms with Crippen molar-refractivity contribution in [1.82, 2.24) is 0 Å². The van der Waals surface area contributed by atoms with Crippen molar-refractivity contribution in [1.29, 1.82) is 0 Å². The Labute approximate surface area is 111 Å². The zero-order valence-electron chi connectivity index (χ0n) is 9.68. The highest BCUT2D eigenvalue weighted by atomic mass is 79.9. The summed E-state index contributed by atoms with van der Waals surface area (Å²) in [6.45, 7) is 1.75. The van der Waals surface area contributed by atoms with E-state index < -0.39 is 11.7 Å². The molecule has 1 aromatic rings. The van der Waals surface area contributed by atoms with Crippen molar-refractivity contribution >= 4 is 21.7 Å². The Morgan fingerprint density at radius 3 is 2.56 bits per heavy atom. The normalized spacial score (nSPS) is 11.4. The third-order valence-electron chi connectivity index (χ3n) is 2.20. The molecular formula is C12H12BrF3O2. The van der Waals surface area contributed by atoms with E-state index in [1.165, 1.54) is 12.1 Å². The highest BCUT2D eigenvalue weighted by molar-refractivity contribution is 9.09. The predicted octanol–water partition coefficient (Wildman–Crippen LogP) is 3.61. The fraction of sp³-hybridized carbons (Fsp3) is 0.417. The highest BCUT2D eigenvalue weighted by Gasteiger charge is 2.34. The van der Waals surface area contributed by atoms with E-state index in [0.29, 0.717) is 5.56 Å². The summed E-state index contributed by atoms with van der Waals surface area (Å²) in [5, 5.41) is 0.179. The minimum atomic E-state index is -4.46. The summed E-state index contributed by atoms with van der Waals surface area (Å²) in [4.78, 5) is 11.2. The lowest BCUT2D eigenvalue weighted by Gasteiger charge is -2.14. The largest absolute Gasteiger partial charge is 0.493 e. The van der Waals surface area contributed by atoms with Gasteiger partial charge in [0.1, 0.15) is 11.5 Å². The van der Waals surface area contributed by atoms with Crippen molar-refractivity contribution in [2.24, 2.45) is 0 Å². The molecule has 2 nitrogen and oxygen atoms in total. The highest BCUT2D eigenvalue weighted by Crippen LogP contribution is 2.36. The molecule has 0 spiro atoms. The Morgan fingerprint density at radius 1 is 1.39 bits per heavy atom. The second-order valence-corrected chi connectivity index (χ2v) is 4.17. The van der Waals surface area contributed by atoms with Crippen LogP contribution >= 0.6 is 15.9 Å². The van der Waals surface area contributed by atoms with Gasteiger partial charge in [0.15, 0.2) is 0 Å². The van der Waals surface area contributed by atoms with Crippen LogP contribution in [0.25, 0.3) is 0 Å². The fourth-order valence-corrected chi connectivity index (χ4v) is 1.66. The summed E-state index contributed by atoms with van der Waals surface area (Å²) in [6.07, 6.45) is -4.37. The molecule has 0 heterocycles. The quantitative estimate of drug-likeness (QED) is 0.773. The first-order valence-electron chi connectivity index (χ1n) is 5.29. The number of Topliss-reactive ketones (excluding diaryl/α,β-unsaturated/α-hetero) is 1. The molecule has 18 heavy (non-hydrogen) atoms. The molecule has 100 valence electrons. The first kappa shape index (κ1) is 15.0. The molecule has 0 N–H and O–H groups in total. The van der Waals surface area contributed by atoms with Gasteiger partial charge in [-0.25, -0.2) is 0 Å². The summed E-state index contributed by atoms with van der Waals surface area (Å²) in [5.74, 6) is -0.331. The van der Waals surface area contributed by atoms with Crippen LogP contribution in [0, 0.1) is 0 Å². The summed E-state index contributed by atoms with van der Waals surface area (Å²) in [6, 6.07) is 3.51. The van der Waals surface area contributed by atoms with E-state index in [1.807, 2.05) is 0 Å². The summed E-state index contributed by atoms with van der Waals surface area (Å²) >= 11 is 3.01. The average molecular weight is 325 g/mol. The second-order valence-electron chi connectivity index (χ2n) is 3.61. The van der Waals surface area contributed by atoms with Gasteiger partial charge >= 0.3 is 6.18 Å². The van der Waals surface area contributed by atoms with Crippen LogP contribution in [-0.2, 0) is 17.4 Å². The second kappa shape index (κ2) is 6.22. The van der Waals surface area contributed by atoms with E-state index in [9.17, 15) is 18.0 Å². The Hall–Kier alpha value is -1.04.